The number of rotatable bonds is 4. The van der Waals surface area contributed by atoms with Crippen LogP contribution in [-0.4, -0.2) is 29.2 Å². The molecule has 1 unspecified atom stereocenters. The zero-order valence-electron chi connectivity index (χ0n) is 16.0. The van der Waals surface area contributed by atoms with Gasteiger partial charge < -0.3 is 14.5 Å². The number of hydrogen-bond acceptors (Lipinski definition) is 4. The maximum Gasteiger partial charge on any atom is 0.340 e. The van der Waals surface area contributed by atoms with Gasteiger partial charge in [-0.2, -0.15) is 0 Å². The van der Waals surface area contributed by atoms with Crippen molar-refractivity contribution in [2.45, 2.75) is 18.9 Å². The van der Waals surface area contributed by atoms with Gasteiger partial charge in [-0.1, -0.05) is 48.5 Å². The highest BCUT2D eigenvalue weighted by Crippen LogP contribution is 2.34. The van der Waals surface area contributed by atoms with Crippen molar-refractivity contribution in [2.75, 3.05) is 13.2 Å². The summed E-state index contributed by atoms with van der Waals surface area (Å²) in [6.07, 6.45) is 3.08. The van der Waals surface area contributed by atoms with E-state index in [0.717, 1.165) is 40.3 Å². The summed E-state index contributed by atoms with van der Waals surface area (Å²) in [5.74, 6) is -0.0988. The van der Waals surface area contributed by atoms with Crippen LogP contribution in [0.2, 0.25) is 0 Å². The number of nitrogens with one attached hydrogen (secondary N) is 1. The maximum atomic E-state index is 13.0. The van der Waals surface area contributed by atoms with Gasteiger partial charge >= 0.3 is 5.97 Å². The molecule has 1 atom stereocenters. The molecule has 5 heteroatoms. The van der Waals surface area contributed by atoms with Crippen LogP contribution in [0, 0.1) is 5.92 Å². The molecule has 5 nitrogen and oxygen atoms in total. The number of aromatic amines is 1. The summed E-state index contributed by atoms with van der Waals surface area (Å²) in [5.41, 5.74) is 4.18. The van der Waals surface area contributed by atoms with E-state index in [1.807, 2.05) is 60.7 Å². The third kappa shape index (κ3) is 3.49. The first-order valence-electron chi connectivity index (χ1n) is 10.00. The average Bonchev–Trinajstić information content (AvgIpc) is 3.16. The number of carbonyl (C=O) groups excluding carboxylic acids is 1. The van der Waals surface area contributed by atoms with Crippen LogP contribution in [-0.2, 0) is 9.47 Å². The molecule has 1 fully saturated rings. The van der Waals surface area contributed by atoms with Gasteiger partial charge in [0.15, 0.2) is 0 Å². The fourth-order valence-corrected chi connectivity index (χ4v) is 4.11. The maximum absolute atomic E-state index is 13.0. The highest BCUT2D eigenvalue weighted by molar-refractivity contribution is 6.06. The van der Waals surface area contributed by atoms with E-state index >= 15 is 0 Å². The second kappa shape index (κ2) is 7.68. The van der Waals surface area contributed by atoms with Crippen molar-refractivity contribution in [3.05, 3.63) is 78.0 Å². The molecule has 1 aliphatic heterocycles. The first-order valence-corrected chi connectivity index (χ1v) is 10.00. The number of nitrogens with zero attached hydrogens (tertiary/aromatic N) is 1. The molecule has 29 heavy (non-hydrogen) atoms. The number of H-pyrrole nitrogens is 1. The molecule has 0 saturated carbocycles. The summed E-state index contributed by atoms with van der Waals surface area (Å²) in [6.45, 7) is 1.41. The van der Waals surface area contributed by atoms with Crippen molar-refractivity contribution >= 4 is 27.9 Å². The minimum Gasteiger partial charge on any atom is -0.454 e. The molecule has 1 aliphatic rings. The first kappa shape index (κ1) is 17.9. The Hall–Kier alpha value is -3.18. The number of ether oxygens (including phenoxy) is 2. The number of esters is 1. The van der Waals surface area contributed by atoms with Crippen molar-refractivity contribution in [1.82, 2.24) is 9.97 Å². The van der Waals surface area contributed by atoms with E-state index in [2.05, 4.69) is 9.97 Å². The predicted octanol–water partition coefficient (Wildman–Crippen LogP) is 5.04. The Labute approximate surface area is 168 Å². The number of hydrogen-bond donors (Lipinski definition) is 1. The number of carbonyl (C=O) groups is 1. The topological polar surface area (TPSA) is 64.2 Å². The van der Waals surface area contributed by atoms with Gasteiger partial charge in [-0.05, 0) is 30.5 Å². The molecule has 4 aromatic rings. The molecule has 1 saturated heterocycles. The summed E-state index contributed by atoms with van der Waals surface area (Å²) in [7, 11) is 0. The van der Waals surface area contributed by atoms with Crippen LogP contribution in [0.25, 0.3) is 21.9 Å². The van der Waals surface area contributed by atoms with Gasteiger partial charge in [-0.25, -0.2) is 4.79 Å². The van der Waals surface area contributed by atoms with Crippen LogP contribution < -0.4 is 0 Å². The third-order valence-electron chi connectivity index (χ3n) is 5.63. The number of para-hydroxylation sites is 1. The van der Waals surface area contributed by atoms with E-state index in [4.69, 9.17) is 9.47 Å². The molecule has 2 aromatic carbocycles. The quantitative estimate of drug-likeness (QED) is 0.499. The van der Waals surface area contributed by atoms with Gasteiger partial charge in [0.05, 0.1) is 16.6 Å². The van der Waals surface area contributed by atoms with Gasteiger partial charge in [0, 0.05) is 36.2 Å². The van der Waals surface area contributed by atoms with E-state index in [-0.39, 0.29) is 18.0 Å². The van der Waals surface area contributed by atoms with Crippen molar-refractivity contribution in [1.29, 1.82) is 0 Å². The number of pyridine rings is 1. The minimum absolute atomic E-state index is 0.250. The van der Waals surface area contributed by atoms with Crippen molar-refractivity contribution in [2.24, 2.45) is 5.92 Å². The molecule has 5 rings (SSSR count). The van der Waals surface area contributed by atoms with Gasteiger partial charge in [0.2, 0.25) is 0 Å². The van der Waals surface area contributed by atoms with Crippen LogP contribution in [0.5, 0.6) is 0 Å². The molecule has 0 amide bonds. The van der Waals surface area contributed by atoms with Crippen LogP contribution in [0.4, 0.5) is 0 Å². The zero-order chi connectivity index (χ0) is 19.6. The van der Waals surface area contributed by atoms with Gasteiger partial charge in [-0.15, -0.1) is 0 Å². The van der Waals surface area contributed by atoms with Crippen LogP contribution in [0.15, 0.2) is 66.9 Å². The molecular formula is C24H22N2O3. The predicted molar refractivity (Wildman–Crippen MR) is 112 cm³/mol. The molecular weight excluding hydrogens is 364 g/mol. The molecule has 2 aromatic heterocycles. The summed E-state index contributed by atoms with van der Waals surface area (Å²) < 4.78 is 11.5. The molecule has 0 radical (unpaired) electrons. The number of fused-ring (bicyclic) bond motifs is 3. The Morgan fingerprint density at radius 3 is 2.62 bits per heavy atom. The van der Waals surface area contributed by atoms with Gasteiger partial charge in [0.25, 0.3) is 0 Å². The van der Waals surface area contributed by atoms with Crippen molar-refractivity contribution < 1.29 is 14.3 Å². The standard InChI is InChI=1S/C24H22N2O3/c27-24(18-14-21-22(25-15-18)19-8-4-5-9-20(19)26-21)29-23(16-6-2-1-3-7-16)17-10-12-28-13-11-17/h1-9,14-15,17,23,26H,10-13H2. The fourth-order valence-electron chi connectivity index (χ4n) is 4.11. The molecule has 3 heterocycles. The monoisotopic (exact) mass is 386 g/mol. The van der Waals surface area contributed by atoms with Crippen molar-refractivity contribution in [3.8, 4) is 0 Å². The van der Waals surface area contributed by atoms with Crippen LogP contribution in [0.3, 0.4) is 0 Å². The Balaban J connectivity index is 1.45. The average molecular weight is 386 g/mol. The molecule has 146 valence electrons. The highest BCUT2D eigenvalue weighted by Gasteiger charge is 2.29. The summed E-state index contributed by atoms with van der Waals surface area (Å²) in [4.78, 5) is 20.9. The largest absolute Gasteiger partial charge is 0.454 e. The lowest BCUT2D eigenvalue weighted by Crippen LogP contribution is -2.26. The zero-order valence-corrected chi connectivity index (χ0v) is 16.0. The van der Waals surface area contributed by atoms with Crippen LogP contribution >= 0.6 is 0 Å². The Bertz CT molecular complexity index is 1150. The van der Waals surface area contributed by atoms with Gasteiger partial charge in [-0.3, -0.25) is 4.98 Å². The third-order valence-corrected chi connectivity index (χ3v) is 5.63. The van der Waals surface area contributed by atoms with E-state index < -0.39 is 0 Å². The molecule has 0 bridgehead atoms. The summed E-state index contributed by atoms with van der Waals surface area (Å²) in [6, 6.07) is 19.8. The van der Waals surface area contributed by atoms with E-state index in [0.29, 0.717) is 18.8 Å². The second-order valence-corrected chi connectivity index (χ2v) is 7.48. The van der Waals surface area contributed by atoms with E-state index in [1.54, 1.807) is 6.20 Å². The molecule has 0 aliphatic carbocycles. The lowest BCUT2D eigenvalue weighted by Gasteiger charge is -2.30. The lowest BCUT2D eigenvalue weighted by molar-refractivity contribution is -0.0195. The van der Waals surface area contributed by atoms with Crippen LogP contribution in [0.1, 0.15) is 34.9 Å². The highest BCUT2D eigenvalue weighted by atomic mass is 16.5. The lowest BCUT2D eigenvalue weighted by atomic mass is 9.89. The first-order chi connectivity index (χ1) is 14.3. The number of aromatic nitrogens is 2. The van der Waals surface area contributed by atoms with Gasteiger partial charge in [0.1, 0.15) is 6.10 Å². The Morgan fingerprint density at radius 1 is 1.03 bits per heavy atom. The fraction of sp³-hybridized carbons (Fsp3) is 0.250. The summed E-state index contributed by atoms with van der Waals surface area (Å²) in [5, 5.41) is 1.05. The van der Waals surface area contributed by atoms with Crippen molar-refractivity contribution in [3.63, 3.8) is 0 Å². The smallest absolute Gasteiger partial charge is 0.340 e. The van der Waals surface area contributed by atoms with E-state index in [1.165, 1.54) is 0 Å². The summed E-state index contributed by atoms with van der Waals surface area (Å²) >= 11 is 0. The second-order valence-electron chi connectivity index (χ2n) is 7.48. The normalized spacial score (nSPS) is 16.1. The SMILES string of the molecule is O=C(OC(c1ccccc1)C1CCOCC1)c1cnc2c(c1)[nH]c1ccccc12. The molecule has 0 spiro atoms. The van der Waals surface area contributed by atoms with E-state index in [9.17, 15) is 4.79 Å². The molecule has 1 N–H and O–H groups in total. The number of benzene rings is 2. The Kier molecular flexibility index (Phi) is 4.74. The minimum atomic E-state index is -0.349. The Morgan fingerprint density at radius 2 is 1.79 bits per heavy atom.